The monoisotopic (exact) mass is 412 g/mol. The van der Waals surface area contributed by atoms with E-state index >= 15 is 0 Å². The Morgan fingerprint density at radius 2 is 1.63 bits per heavy atom. The highest BCUT2D eigenvalue weighted by Gasteiger charge is 2.28. The van der Waals surface area contributed by atoms with Crippen molar-refractivity contribution < 1.29 is 18.7 Å². The quantitative estimate of drug-likeness (QED) is 0.690. The van der Waals surface area contributed by atoms with Crippen molar-refractivity contribution in [2.45, 2.75) is 76.5 Å². The van der Waals surface area contributed by atoms with Crippen LogP contribution in [0.5, 0.6) is 11.5 Å². The first kappa shape index (κ1) is 20.6. The van der Waals surface area contributed by atoms with E-state index in [-0.39, 0.29) is 35.9 Å². The molecule has 0 unspecified atom stereocenters. The first-order valence-electron chi connectivity index (χ1n) is 10.8. The highest BCUT2D eigenvalue weighted by molar-refractivity contribution is 5.73. The minimum absolute atomic E-state index is 0.0320. The van der Waals surface area contributed by atoms with E-state index in [1.807, 2.05) is 31.2 Å². The molecule has 0 spiro atoms. The van der Waals surface area contributed by atoms with E-state index in [1.54, 1.807) is 6.20 Å². The van der Waals surface area contributed by atoms with Crippen molar-refractivity contribution in [2.75, 3.05) is 0 Å². The number of carbonyl (C=O) groups excluding carboxylic acids is 1. The number of rotatable bonds is 7. The molecule has 160 valence electrons. The Labute approximate surface area is 177 Å². The SMILES string of the molecule is CC(=O)N[C@@H](C)c1ccc(OC2CCC(c3ncc(OC4CC4)cc3F)CC2)cc1. The van der Waals surface area contributed by atoms with Crippen LogP contribution in [0.3, 0.4) is 0 Å². The summed E-state index contributed by atoms with van der Waals surface area (Å²) in [6.07, 6.45) is 7.57. The van der Waals surface area contributed by atoms with E-state index in [0.717, 1.165) is 49.8 Å². The van der Waals surface area contributed by atoms with E-state index in [1.165, 1.54) is 13.0 Å². The third kappa shape index (κ3) is 5.29. The first-order valence-corrected chi connectivity index (χ1v) is 10.8. The van der Waals surface area contributed by atoms with Crippen molar-refractivity contribution >= 4 is 5.91 Å². The molecule has 1 amide bonds. The molecule has 1 aromatic carbocycles. The van der Waals surface area contributed by atoms with Gasteiger partial charge in [-0.1, -0.05) is 12.1 Å². The maximum atomic E-state index is 14.5. The van der Waals surface area contributed by atoms with Crippen LogP contribution in [0.15, 0.2) is 36.5 Å². The van der Waals surface area contributed by atoms with E-state index in [4.69, 9.17) is 9.47 Å². The summed E-state index contributed by atoms with van der Waals surface area (Å²) in [4.78, 5) is 15.6. The second-order valence-corrected chi connectivity index (χ2v) is 8.44. The third-order valence-corrected chi connectivity index (χ3v) is 5.84. The fourth-order valence-electron chi connectivity index (χ4n) is 4.04. The predicted molar refractivity (Wildman–Crippen MR) is 112 cm³/mol. The Morgan fingerprint density at radius 3 is 2.20 bits per heavy atom. The predicted octanol–water partition coefficient (Wildman–Crippen LogP) is 5.06. The van der Waals surface area contributed by atoms with Crippen molar-refractivity contribution in [1.82, 2.24) is 10.3 Å². The number of pyridine rings is 1. The molecule has 1 heterocycles. The Morgan fingerprint density at radius 1 is 1.03 bits per heavy atom. The van der Waals surface area contributed by atoms with Crippen LogP contribution in [0.4, 0.5) is 4.39 Å². The maximum absolute atomic E-state index is 14.5. The molecule has 1 aromatic heterocycles. The molecule has 0 bridgehead atoms. The van der Waals surface area contributed by atoms with Gasteiger partial charge in [-0.05, 0) is 63.1 Å². The molecule has 6 heteroatoms. The van der Waals surface area contributed by atoms with Gasteiger partial charge in [0.1, 0.15) is 17.3 Å². The van der Waals surface area contributed by atoms with Gasteiger partial charge in [-0.15, -0.1) is 0 Å². The topological polar surface area (TPSA) is 60.5 Å². The summed E-state index contributed by atoms with van der Waals surface area (Å²) in [6, 6.07) is 9.29. The summed E-state index contributed by atoms with van der Waals surface area (Å²) in [5.74, 6) is 1.17. The molecule has 2 saturated carbocycles. The number of nitrogens with zero attached hydrogens (tertiary/aromatic N) is 1. The zero-order chi connectivity index (χ0) is 21.1. The molecule has 4 rings (SSSR count). The van der Waals surface area contributed by atoms with Crippen LogP contribution in [0.1, 0.15) is 75.6 Å². The smallest absolute Gasteiger partial charge is 0.217 e. The summed E-state index contributed by atoms with van der Waals surface area (Å²) in [6.45, 7) is 3.47. The minimum atomic E-state index is -0.263. The Balaban J connectivity index is 1.29. The van der Waals surface area contributed by atoms with Crippen LogP contribution in [-0.2, 0) is 4.79 Å². The lowest BCUT2D eigenvalue weighted by atomic mass is 9.85. The van der Waals surface area contributed by atoms with Crippen LogP contribution in [0.25, 0.3) is 0 Å². The number of nitrogens with one attached hydrogen (secondary N) is 1. The van der Waals surface area contributed by atoms with Gasteiger partial charge < -0.3 is 14.8 Å². The molecular weight excluding hydrogens is 383 g/mol. The highest BCUT2D eigenvalue weighted by atomic mass is 19.1. The summed E-state index contributed by atoms with van der Waals surface area (Å²) in [5, 5.41) is 2.88. The second-order valence-electron chi connectivity index (χ2n) is 8.44. The average Bonchev–Trinajstić information content (AvgIpc) is 3.53. The van der Waals surface area contributed by atoms with E-state index in [9.17, 15) is 9.18 Å². The molecule has 5 nitrogen and oxygen atoms in total. The number of halogens is 1. The number of ether oxygens (including phenoxy) is 2. The zero-order valence-electron chi connectivity index (χ0n) is 17.6. The molecule has 2 aromatic rings. The molecule has 1 atom stereocenters. The normalized spacial score (nSPS) is 22.2. The number of benzene rings is 1. The lowest BCUT2D eigenvalue weighted by Crippen LogP contribution is -2.24. The average molecular weight is 413 g/mol. The van der Waals surface area contributed by atoms with Crippen molar-refractivity contribution in [3.05, 3.63) is 53.6 Å². The number of amides is 1. The van der Waals surface area contributed by atoms with Crippen LogP contribution in [-0.4, -0.2) is 23.1 Å². The van der Waals surface area contributed by atoms with E-state index in [0.29, 0.717) is 11.4 Å². The molecule has 0 radical (unpaired) electrons. The van der Waals surface area contributed by atoms with Crippen molar-refractivity contribution in [3.63, 3.8) is 0 Å². The van der Waals surface area contributed by atoms with Gasteiger partial charge in [0.05, 0.1) is 30.1 Å². The van der Waals surface area contributed by atoms with Gasteiger partial charge in [0.25, 0.3) is 0 Å². The van der Waals surface area contributed by atoms with Gasteiger partial charge in [-0.25, -0.2) is 4.39 Å². The van der Waals surface area contributed by atoms with Gasteiger partial charge in [0.15, 0.2) is 0 Å². The number of hydrogen-bond donors (Lipinski definition) is 1. The van der Waals surface area contributed by atoms with Crippen molar-refractivity contribution in [2.24, 2.45) is 0 Å². The summed E-state index contributed by atoms with van der Waals surface area (Å²) in [5.41, 5.74) is 1.59. The largest absolute Gasteiger partial charge is 0.490 e. The molecule has 0 aliphatic heterocycles. The summed E-state index contributed by atoms with van der Waals surface area (Å²) >= 11 is 0. The number of hydrogen-bond acceptors (Lipinski definition) is 4. The van der Waals surface area contributed by atoms with Crippen LogP contribution >= 0.6 is 0 Å². The fraction of sp³-hybridized carbons (Fsp3) is 0.500. The van der Waals surface area contributed by atoms with Crippen LogP contribution in [0, 0.1) is 5.82 Å². The second kappa shape index (κ2) is 9.02. The lowest BCUT2D eigenvalue weighted by molar-refractivity contribution is -0.119. The van der Waals surface area contributed by atoms with Crippen LogP contribution in [0.2, 0.25) is 0 Å². The van der Waals surface area contributed by atoms with Gasteiger partial charge in [-0.2, -0.15) is 0 Å². The summed E-state index contributed by atoms with van der Waals surface area (Å²) in [7, 11) is 0. The van der Waals surface area contributed by atoms with Crippen molar-refractivity contribution in [1.29, 1.82) is 0 Å². The Kier molecular flexibility index (Phi) is 6.21. The van der Waals surface area contributed by atoms with Gasteiger partial charge in [0.2, 0.25) is 5.91 Å². The van der Waals surface area contributed by atoms with Gasteiger partial charge >= 0.3 is 0 Å². The molecule has 2 aliphatic rings. The molecular formula is C24H29FN2O3. The summed E-state index contributed by atoms with van der Waals surface area (Å²) < 4.78 is 26.3. The Hall–Kier alpha value is -2.63. The molecule has 2 aliphatic carbocycles. The standard InChI is InChI=1S/C24H29FN2O3/c1-15(27-16(2)28)17-3-7-19(8-4-17)29-20-9-5-18(6-10-20)24-23(25)13-22(14-26-24)30-21-11-12-21/h3-4,7-8,13-15,18,20-21H,5-6,9-12H2,1-2H3,(H,27,28)/t15-,18?,20?/m0/s1. The minimum Gasteiger partial charge on any atom is -0.490 e. The highest BCUT2D eigenvalue weighted by Crippen LogP contribution is 2.36. The third-order valence-electron chi connectivity index (χ3n) is 5.84. The zero-order valence-corrected chi connectivity index (χ0v) is 17.6. The van der Waals surface area contributed by atoms with Crippen LogP contribution < -0.4 is 14.8 Å². The van der Waals surface area contributed by atoms with E-state index < -0.39 is 0 Å². The lowest BCUT2D eigenvalue weighted by Gasteiger charge is -2.29. The first-order chi connectivity index (χ1) is 14.5. The van der Waals surface area contributed by atoms with Crippen molar-refractivity contribution in [3.8, 4) is 11.5 Å². The molecule has 0 saturated heterocycles. The number of aromatic nitrogens is 1. The van der Waals surface area contributed by atoms with Gasteiger partial charge in [-0.3, -0.25) is 9.78 Å². The molecule has 2 fully saturated rings. The number of carbonyl (C=O) groups is 1. The maximum Gasteiger partial charge on any atom is 0.217 e. The van der Waals surface area contributed by atoms with E-state index in [2.05, 4.69) is 10.3 Å². The Bertz CT molecular complexity index is 875. The fourth-order valence-corrected chi connectivity index (χ4v) is 4.04. The molecule has 1 N–H and O–H groups in total. The molecule has 30 heavy (non-hydrogen) atoms. The van der Waals surface area contributed by atoms with Gasteiger partial charge in [0, 0.05) is 18.9 Å².